The van der Waals surface area contributed by atoms with E-state index in [9.17, 15) is 8.42 Å². The van der Waals surface area contributed by atoms with E-state index in [-0.39, 0.29) is 5.75 Å². The third-order valence-electron chi connectivity index (χ3n) is 2.83. The van der Waals surface area contributed by atoms with Gasteiger partial charge in [-0.1, -0.05) is 6.08 Å². The van der Waals surface area contributed by atoms with Crippen LogP contribution in [0.2, 0.25) is 0 Å². The van der Waals surface area contributed by atoms with Crippen molar-refractivity contribution in [3.63, 3.8) is 0 Å². The van der Waals surface area contributed by atoms with E-state index in [1.165, 1.54) is 7.11 Å². The van der Waals surface area contributed by atoms with Gasteiger partial charge in [0.25, 0.3) is 0 Å². The molecule has 1 rings (SSSR count). The third kappa shape index (κ3) is 3.70. The Morgan fingerprint density at radius 3 is 2.71 bits per heavy atom. The van der Waals surface area contributed by atoms with Gasteiger partial charge >= 0.3 is 0 Å². The lowest BCUT2D eigenvalue weighted by molar-refractivity contribution is 0.276. The maximum atomic E-state index is 11.3. The molecule has 0 aromatic heterocycles. The molecule has 1 aliphatic rings. The molecule has 0 fully saturated rings. The fraction of sp³-hybridized carbons (Fsp3) is 0.600. The Balaban J connectivity index is 3.13. The fourth-order valence-electron chi connectivity index (χ4n) is 1.94. The SMILES string of the molecule is COC1=CC(CCCl)(CS(N)(=O)=O)C(N)C=C1. The maximum absolute atomic E-state index is 11.3. The summed E-state index contributed by atoms with van der Waals surface area (Å²) in [6.45, 7) is 0. The Kier molecular flexibility index (Phi) is 4.60. The number of ether oxygens (including phenoxy) is 1. The van der Waals surface area contributed by atoms with Crippen molar-refractivity contribution in [3.05, 3.63) is 24.0 Å². The van der Waals surface area contributed by atoms with Crippen molar-refractivity contribution in [2.75, 3.05) is 18.7 Å². The number of sulfonamides is 1. The smallest absolute Gasteiger partial charge is 0.210 e. The van der Waals surface area contributed by atoms with Gasteiger partial charge in [0, 0.05) is 17.3 Å². The van der Waals surface area contributed by atoms with Crippen molar-refractivity contribution in [1.82, 2.24) is 0 Å². The Labute approximate surface area is 106 Å². The van der Waals surface area contributed by atoms with Crippen molar-refractivity contribution in [1.29, 1.82) is 0 Å². The van der Waals surface area contributed by atoms with Gasteiger partial charge in [0.05, 0.1) is 12.9 Å². The summed E-state index contributed by atoms with van der Waals surface area (Å²) in [6.07, 6.45) is 5.53. The van der Waals surface area contributed by atoms with Crippen LogP contribution in [0.4, 0.5) is 0 Å². The second-order valence-electron chi connectivity index (χ2n) is 4.12. The highest BCUT2D eigenvalue weighted by atomic mass is 35.5. The Morgan fingerprint density at radius 1 is 1.59 bits per heavy atom. The van der Waals surface area contributed by atoms with Crippen LogP contribution < -0.4 is 10.9 Å². The molecule has 2 unspecified atom stereocenters. The monoisotopic (exact) mass is 280 g/mol. The first-order valence-electron chi connectivity index (χ1n) is 5.10. The largest absolute Gasteiger partial charge is 0.497 e. The number of primary sulfonamides is 1. The minimum atomic E-state index is -3.64. The van der Waals surface area contributed by atoms with Crippen molar-refractivity contribution < 1.29 is 13.2 Å². The predicted molar refractivity (Wildman–Crippen MR) is 68.0 cm³/mol. The quantitative estimate of drug-likeness (QED) is 0.709. The predicted octanol–water partition coefficient (Wildman–Crippen LogP) is 0.318. The molecule has 5 nitrogen and oxygen atoms in total. The van der Waals surface area contributed by atoms with E-state index in [1.54, 1.807) is 18.2 Å². The van der Waals surface area contributed by atoms with Crippen molar-refractivity contribution in [2.45, 2.75) is 12.5 Å². The summed E-state index contributed by atoms with van der Waals surface area (Å²) in [5, 5.41) is 5.11. The van der Waals surface area contributed by atoms with Crippen LogP contribution >= 0.6 is 11.6 Å². The van der Waals surface area contributed by atoms with Gasteiger partial charge in [0.15, 0.2) is 0 Å². The fourth-order valence-corrected chi connectivity index (χ4v) is 3.47. The van der Waals surface area contributed by atoms with Gasteiger partial charge in [-0.05, 0) is 18.6 Å². The summed E-state index contributed by atoms with van der Waals surface area (Å²) in [5.41, 5.74) is 5.16. The third-order valence-corrected chi connectivity index (χ3v) is 3.96. The molecule has 0 radical (unpaired) electrons. The average Bonchev–Trinajstić information content (AvgIpc) is 2.20. The Hall–Kier alpha value is -0.560. The van der Waals surface area contributed by atoms with Crippen LogP contribution in [0.3, 0.4) is 0 Å². The number of hydrogen-bond acceptors (Lipinski definition) is 4. The molecule has 0 spiro atoms. The topological polar surface area (TPSA) is 95.4 Å². The van der Waals surface area contributed by atoms with E-state index in [1.807, 2.05) is 0 Å². The first-order valence-corrected chi connectivity index (χ1v) is 7.35. The molecule has 0 bridgehead atoms. The zero-order chi connectivity index (χ0) is 13.1. The first kappa shape index (κ1) is 14.5. The maximum Gasteiger partial charge on any atom is 0.210 e. The molecule has 98 valence electrons. The Morgan fingerprint density at radius 2 is 2.24 bits per heavy atom. The number of hydrogen-bond donors (Lipinski definition) is 2. The molecular weight excluding hydrogens is 264 g/mol. The normalized spacial score (nSPS) is 28.9. The van der Waals surface area contributed by atoms with E-state index in [0.29, 0.717) is 18.1 Å². The van der Waals surface area contributed by atoms with Gasteiger partial charge in [-0.2, -0.15) is 0 Å². The molecule has 0 heterocycles. The van der Waals surface area contributed by atoms with Gasteiger partial charge in [-0.25, -0.2) is 13.6 Å². The zero-order valence-electron chi connectivity index (χ0n) is 9.60. The van der Waals surface area contributed by atoms with Gasteiger partial charge in [0.2, 0.25) is 10.0 Å². The molecule has 0 aliphatic heterocycles. The number of alkyl halides is 1. The molecule has 1 aliphatic carbocycles. The van der Waals surface area contributed by atoms with Gasteiger partial charge < -0.3 is 10.5 Å². The van der Waals surface area contributed by atoms with Crippen LogP contribution in [-0.4, -0.2) is 33.2 Å². The molecule has 0 saturated carbocycles. The van der Waals surface area contributed by atoms with Crippen molar-refractivity contribution in [2.24, 2.45) is 16.3 Å². The minimum absolute atomic E-state index is 0.245. The number of halogens is 1. The molecule has 0 aromatic rings. The van der Waals surface area contributed by atoms with Crippen LogP contribution in [0.5, 0.6) is 0 Å². The number of allylic oxidation sites excluding steroid dienone is 1. The minimum Gasteiger partial charge on any atom is -0.497 e. The van der Waals surface area contributed by atoms with E-state index >= 15 is 0 Å². The summed E-state index contributed by atoms with van der Waals surface area (Å²) in [7, 11) is -2.13. The van der Waals surface area contributed by atoms with Crippen molar-refractivity contribution >= 4 is 21.6 Å². The van der Waals surface area contributed by atoms with Crippen LogP contribution in [0.25, 0.3) is 0 Å². The zero-order valence-corrected chi connectivity index (χ0v) is 11.2. The first-order chi connectivity index (χ1) is 7.83. The van der Waals surface area contributed by atoms with Gasteiger partial charge in [-0.15, -0.1) is 11.6 Å². The van der Waals surface area contributed by atoms with Gasteiger partial charge in [-0.3, -0.25) is 0 Å². The van der Waals surface area contributed by atoms with Crippen LogP contribution in [0, 0.1) is 5.41 Å². The van der Waals surface area contributed by atoms with E-state index in [4.69, 9.17) is 27.2 Å². The molecular formula is C10H17ClN2O3S. The van der Waals surface area contributed by atoms with Crippen LogP contribution in [0.15, 0.2) is 24.0 Å². The van der Waals surface area contributed by atoms with E-state index < -0.39 is 21.5 Å². The van der Waals surface area contributed by atoms with Crippen molar-refractivity contribution in [3.8, 4) is 0 Å². The van der Waals surface area contributed by atoms with Crippen LogP contribution in [-0.2, 0) is 14.8 Å². The molecule has 7 heteroatoms. The van der Waals surface area contributed by atoms with Gasteiger partial charge in [0.1, 0.15) is 5.76 Å². The summed E-state index contributed by atoms with van der Waals surface area (Å²) < 4.78 is 27.7. The lowest BCUT2D eigenvalue weighted by Gasteiger charge is -2.36. The molecule has 0 amide bonds. The second-order valence-corrected chi connectivity index (χ2v) is 6.11. The standard InChI is InChI=1S/C10H17ClN2O3S/c1-16-8-2-3-9(12)10(6-8,4-5-11)7-17(13,14)15/h2-3,6,9H,4-5,7,12H2,1H3,(H2,13,14,15). The number of methoxy groups -OCH3 is 1. The summed E-state index contributed by atoms with van der Waals surface area (Å²) in [4.78, 5) is 0. The molecule has 0 aromatic carbocycles. The second kappa shape index (κ2) is 5.39. The van der Waals surface area contributed by atoms with E-state index in [0.717, 1.165) is 0 Å². The summed E-state index contributed by atoms with van der Waals surface area (Å²) in [6, 6.07) is -0.446. The number of nitrogens with two attached hydrogens (primary N) is 2. The molecule has 2 atom stereocenters. The molecule has 17 heavy (non-hydrogen) atoms. The molecule has 0 saturated heterocycles. The average molecular weight is 281 g/mol. The lowest BCUT2D eigenvalue weighted by atomic mass is 9.77. The highest BCUT2D eigenvalue weighted by molar-refractivity contribution is 7.89. The van der Waals surface area contributed by atoms with Crippen LogP contribution in [0.1, 0.15) is 6.42 Å². The lowest BCUT2D eigenvalue weighted by Crippen LogP contribution is -2.47. The number of rotatable bonds is 5. The highest BCUT2D eigenvalue weighted by Gasteiger charge is 2.39. The Bertz CT molecular complexity index is 433. The summed E-state index contributed by atoms with van der Waals surface area (Å²) >= 11 is 5.72. The summed E-state index contributed by atoms with van der Waals surface area (Å²) in [5.74, 6) is 0.621. The highest BCUT2D eigenvalue weighted by Crippen LogP contribution is 2.35. The van der Waals surface area contributed by atoms with E-state index in [2.05, 4.69) is 0 Å². The molecule has 4 N–H and O–H groups in total.